The molecule has 0 radical (unpaired) electrons. The smallest absolute Gasteiger partial charge is 0.228 e. The number of carbonyl (C=O) groups excluding carboxylic acids is 1. The van der Waals surface area contributed by atoms with E-state index in [9.17, 15) is 4.79 Å². The summed E-state index contributed by atoms with van der Waals surface area (Å²) in [4.78, 5) is 16.0. The van der Waals surface area contributed by atoms with Gasteiger partial charge in [-0.3, -0.25) is 9.80 Å². The van der Waals surface area contributed by atoms with E-state index in [0.29, 0.717) is 6.42 Å². The van der Waals surface area contributed by atoms with Crippen molar-refractivity contribution in [1.29, 1.82) is 0 Å². The molecule has 18 heavy (non-hydrogen) atoms. The van der Waals surface area contributed by atoms with Crippen molar-refractivity contribution in [2.75, 3.05) is 12.1 Å². The van der Waals surface area contributed by atoms with E-state index in [2.05, 4.69) is 15.7 Å². The SMILES string of the molecule is CNN1C=C2CC(=O)NC(C)=C2c2cccnc21. The van der Waals surface area contributed by atoms with E-state index in [1.165, 1.54) is 0 Å². The van der Waals surface area contributed by atoms with Crippen molar-refractivity contribution < 1.29 is 4.79 Å². The van der Waals surface area contributed by atoms with E-state index in [1.807, 2.05) is 37.3 Å². The number of hydrogen-bond acceptors (Lipinski definition) is 4. The first-order valence-corrected chi connectivity index (χ1v) is 5.84. The number of anilines is 1. The Balaban J connectivity index is 2.24. The van der Waals surface area contributed by atoms with Crippen molar-refractivity contribution in [1.82, 2.24) is 15.7 Å². The summed E-state index contributed by atoms with van der Waals surface area (Å²) in [6, 6.07) is 3.93. The van der Waals surface area contributed by atoms with Crippen LogP contribution in [0.4, 0.5) is 5.82 Å². The van der Waals surface area contributed by atoms with Crippen LogP contribution in [-0.4, -0.2) is 17.9 Å². The molecule has 1 aromatic rings. The number of hydrogen-bond donors (Lipinski definition) is 2. The highest BCUT2D eigenvalue weighted by Crippen LogP contribution is 2.39. The van der Waals surface area contributed by atoms with Gasteiger partial charge < -0.3 is 5.32 Å². The zero-order valence-electron chi connectivity index (χ0n) is 10.3. The van der Waals surface area contributed by atoms with Crippen LogP contribution in [0.1, 0.15) is 18.9 Å². The molecule has 2 N–H and O–H groups in total. The molecule has 5 heteroatoms. The number of aromatic nitrogens is 1. The van der Waals surface area contributed by atoms with E-state index in [1.54, 1.807) is 6.20 Å². The molecular formula is C13H14N4O. The van der Waals surface area contributed by atoms with Gasteiger partial charge in [-0.15, -0.1) is 0 Å². The third kappa shape index (κ3) is 1.52. The standard InChI is InChI=1S/C13H14N4O/c1-8-12-9(6-11(18)16-8)7-17(14-2)13-10(12)4-3-5-15-13/h3-5,7,14H,6H2,1-2H3,(H,16,18). The van der Waals surface area contributed by atoms with E-state index in [4.69, 9.17) is 0 Å². The van der Waals surface area contributed by atoms with Gasteiger partial charge in [0.25, 0.3) is 0 Å². The lowest BCUT2D eigenvalue weighted by molar-refractivity contribution is -0.119. The van der Waals surface area contributed by atoms with Gasteiger partial charge in [-0.25, -0.2) is 10.4 Å². The molecule has 0 fully saturated rings. The number of pyridine rings is 1. The van der Waals surface area contributed by atoms with Gasteiger partial charge in [-0.05, 0) is 24.6 Å². The van der Waals surface area contributed by atoms with Crippen molar-refractivity contribution in [3.63, 3.8) is 0 Å². The summed E-state index contributed by atoms with van der Waals surface area (Å²) in [5.74, 6) is 0.889. The number of allylic oxidation sites excluding steroid dienone is 2. The molecule has 3 rings (SSSR count). The van der Waals surface area contributed by atoms with Crippen LogP contribution in [-0.2, 0) is 4.79 Å². The largest absolute Gasteiger partial charge is 0.329 e. The van der Waals surface area contributed by atoms with E-state index < -0.39 is 0 Å². The second-order valence-corrected chi connectivity index (χ2v) is 4.35. The topological polar surface area (TPSA) is 57.3 Å². The lowest BCUT2D eigenvalue weighted by Gasteiger charge is -2.32. The zero-order valence-corrected chi connectivity index (χ0v) is 10.3. The molecule has 0 aliphatic carbocycles. The maximum atomic E-state index is 11.6. The van der Waals surface area contributed by atoms with Crippen molar-refractivity contribution >= 4 is 17.3 Å². The van der Waals surface area contributed by atoms with Crippen LogP contribution in [0.5, 0.6) is 0 Å². The number of rotatable bonds is 1. The molecule has 0 unspecified atom stereocenters. The molecular weight excluding hydrogens is 228 g/mol. The van der Waals surface area contributed by atoms with Crippen molar-refractivity contribution in [3.8, 4) is 0 Å². The second-order valence-electron chi connectivity index (χ2n) is 4.35. The van der Waals surface area contributed by atoms with E-state index in [-0.39, 0.29) is 5.91 Å². The first-order chi connectivity index (χ1) is 8.70. The fourth-order valence-corrected chi connectivity index (χ4v) is 2.47. The number of nitrogens with one attached hydrogen (secondary N) is 2. The van der Waals surface area contributed by atoms with Crippen molar-refractivity contribution in [3.05, 3.63) is 41.4 Å². The summed E-state index contributed by atoms with van der Waals surface area (Å²) >= 11 is 0. The summed E-state index contributed by atoms with van der Waals surface area (Å²) < 4.78 is 0. The molecule has 0 spiro atoms. The highest BCUT2D eigenvalue weighted by molar-refractivity contribution is 5.99. The number of amides is 1. The molecule has 0 atom stereocenters. The lowest BCUT2D eigenvalue weighted by Crippen LogP contribution is -2.37. The molecule has 5 nitrogen and oxygen atoms in total. The number of hydrazine groups is 1. The highest BCUT2D eigenvalue weighted by atomic mass is 16.1. The summed E-state index contributed by atoms with van der Waals surface area (Å²) in [6.07, 6.45) is 4.10. The zero-order chi connectivity index (χ0) is 12.7. The average Bonchev–Trinajstić information content (AvgIpc) is 2.36. The quantitative estimate of drug-likeness (QED) is 0.776. The highest BCUT2D eigenvalue weighted by Gasteiger charge is 2.28. The van der Waals surface area contributed by atoms with Gasteiger partial charge in [0.2, 0.25) is 5.91 Å². The van der Waals surface area contributed by atoms with Gasteiger partial charge in [0.05, 0.1) is 6.42 Å². The van der Waals surface area contributed by atoms with Crippen molar-refractivity contribution in [2.45, 2.75) is 13.3 Å². The minimum absolute atomic E-state index is 0.0332. The molecule has 0 aromatic carbocycles. The molecule has 1 amide bonds. The van der Waals surface area contributed by atoms with Crippen LogP contribution in [0.25, 0.3) is 5.57 Å². The first-order valence-electron chi connectivity index (χ1n) is 5.84. The maximum absolute atomic E-state index is 11.6. The maximum Gasteiger partial charge on any atom is 0.228 e. The van der Waals surface area contributed by atoms with Gasteiger partial charge in [0.15, 0.2) is 5.82 Å². The van der Waals surface area contributed by atoms with Gasteiger partial charge in [0.1, 0.15) is 0 Å². The van der Waals surface area contributed by atoms with Crippen molar-refractivity contribution in [2.24, 2.45) is 0 Å². The fourth-order valence-electron chi connectivity index (χ4n) is 2.47. The molecule has 92 valence electrons. The summed E-state index contributed by atoms with van der Waals surface area (Å²) in [7, 11) is 1.83. The fraction of sp³-hybridized carbons (Fsp3) is 0.231. The van der Waals surface area contributed by atoms with Gasteiger partial charge in [-0.2, -0.15) is 0 Å². The Morgan fingerprint density at radius 1 is 1.50 bits per heavy atom. The van der Waals surface area contributed by atoms with E-state index in [0.717, 1.165) is 28.2 Å². The molecule has 0 saturated carbocycles. The minimum atomic E-state index is 0.0332. The third-order valence-electron chi connectivity index (χ3n) is 3.18. The molecule has 0 bridgehead atoms. The minimum Gasteiger partial charge on any atom is -0.329 e. The summed E-state index contributed by atoms with van der Waals surface area (Å²) in [5.41, 5.74) is 7.10. The predicted octanol–water partition coefficient (Wildman–Crippen LogP) is 1.17. The van der Waals surface area contributed by atoms with Gasteiger partial charge >= 0.3 is 0 Å². The Morgan fingerprint density at radius 3 is 3.11 bits per heavy atom. The Bertz CT molecular complexity index is 588. The molecule has 2 aliphatic rings. The molecule has 0 saturated heterocycles. The van der Waals surface area contributed by atoms with Crippen LogP contribution in [0.15, 0.2) is 35.8 Å². The Morgan fingerprint density at radius 2 is 2.33 bits per heavy atom. The summed E-state index contributed by atoms with van der Waals surface area (Å²) in [5, 5.41) is 4.73. The number of carbonyl (C=O) groups is 1. The van der Waals surface area contributed by atoms with E-state index >= 15 is 0 Å². The molecule has 3 heterocycles. The molecule has 1 aromatic heterocycles. The van der Waals surface area contributed by atoms with Crippen LogP contribution in [0.3, 0.4) is 0 Å². The van der Waals surface area contributed by atoms with Crippen LogP contribution >= 0.6 is 0 Å². The number of nitrogens with zero attached hydrogens (tertiary/aromatic N) is 2. The van der Waals surface area contributed by atoms with Crippen LogP contribution in [0, 0.1) is 0 Å². The van der Waals surface area contributed by atoms with Crippen LogP contribution < -0.4 is 15.8 Å². The number of fused-ring (bicyclic) bond motifs is 3. The Hall–Kier alpha value is -2.14. The third-order valence-corrected chi connectivity index (χ3v) is 3.18. The summed E-state index contributed by atoms with van der Waals surface area (Å²) in [6.45, 7) is 1.92. The average molecular weight is 242 g/mol. The second kappa shape index (κ2) is 3.96. The lowest BCUT2D eigenvalue weighted by atomic mass is 9.90. The van der Waals surface area contributed by atoms with Gasteiger partial charge in [0, 0.05) is 36.3 Å². The monoisotopic (exact) mass is 242 g/mol. The predicted molar refractivity (Wildman–Crippen MR) is 69.2 cm³/mol. The first kappa shape index (κ1) is 11.0. The molecule has 2 aliphatic heterocycles. The van der Waals surface area contributed by atoms with Gasteiger partial charge in [-0.1, -0.05) is 0 Å². The normalized spacial score (nSPS) is 18.0. The Labute approximate surface area is 105 Å². The Kier molecular flexibility index (Phi) is 2.41. The van der Waals surface area contributed by atoms with Crippen LogP contribution in [0.2, 0.25) is 0 Å².